The van der Waals surface area contributed by atoms with Gasteiger partial charge in [0.2, 0.25) is 5.78 Å². The van der Waals surface area contributed by atoms with Crippen molar-refractivity contribution in [1.82, 2.24) is 4.40 Å². The number of hydrogen-bond donors (Lipinski definition) is 0. The van der Waals surface area contributed by atoms with Crippen LogP contribution in [-0.2, 0) is 0 Å². The number of nitrogens with zero attached hydrogens (tertiary/aromatic N) is 2. The van der Waals surface area contributed by atoms with Crippen LogP contribution in [0.15, 0.2) is 97.1 Å². The van der Waals surface area contributed by atoms with Crippen LogP contribution < -0.4 is 0 Å². The second-order valence-corrected chi connectivity index (χ2v) is 7.35. The molecular formula is C26H16N2O4. The van der Waals surface area contributed by atoms with Crippen molar-refractivity contribution < 1.29 is 14.5 Å². The second-order valence-electron chi connectivity index (χ2n) is 7.35. The van der Waals surface area contributed by atoms with Gasteiger partial charge in [0, 0.05) is 17.2 Å². The zero-order valence-electron chi connectivity index (χ0n) is 16.8. The molecular weight excluding hydrogens is 404 g/mol. The highest BCUT2D eigenvalue weighted by molar-refractivity contribution is 6.18. The Morgan fingerprint density at radius 3 is 2.16 bits per heavy atom. The van der Waals surface area contributed by atoms with Crippen molar-refractivity contribution in [3.63, 3.8) is 0 Å². The molecule has 154 valence electrons. The summed E-state index contributed by atoms with van der Waals surface area (Å²) in [5.41, 5.74) is 2.07. The van der Waals surface area contributed by atoms with Gasteiger partial charge in [-0.05, 0) is 29.7 Å². The topological polar surface area (TPSA) is 81.7 Å². The van der Waals surface area contributed by atoms with Crippen molar-refractivity contribution in [2.75, 3.05) is 0 Å². The van der Waals surface area contributed by atoms with E-state index in [9.17, 15) is 19.7 Å². The van der Waals surface area contributed by atoms with E-state index >= 15 is 0 Å². The Bertz CT molecular complexity index is 1530. The molecule has 0 saturated carbocycles. The first kappa shape index (κ1) is 19.4. The molecule has 0 saturated heterocycles. The normalized spacial score (nSPS) is 11.0. The van der Waals surface area contributed by atoms with Crippen molar-refractivity contribution in [1.29, 1.82) is 0 Å². The number of benzene rings is 3. The number of nitro benzene ring substituents is 1. The summed E-state index contributed by atoms with van der Waals surface area (Å²) in [6, 6.07) is 27.4. The van der Waals surface area contributed by atoms with Crippen molar-refractivity contribution >= 4 is 33.7 Å². The molecule has 0 N–H and O–H groups in total. The van der Waals surface area contributed by atoms with Gasteiger partial charge in [-0.25, -0.2) is 0 Å². The molecule has 0 aliphatic carbocycles. The fourth-order valence-electron chi connectivity index (χ4n) is 4.01. The summed E-state index contributed by atoms with van der Waals surface area (Å²) in [7, 11) is 0. The number of carbonyl (C=O) groups excluding carboxylic acids is 2. The molecule has 5 rings (SSSR count). The molecule has 0 aliphatic rings. The Hall–Kier alpha value is -4.58. The summed E-state index contributed by atoms with van der Waals surface area (Å²) in [6.07, 6.45) is 0. The van der Waals surface area contributed by atoms with Gasteiger partial charge in [0.1, 0.15) is 5.56 Å². The second kappa shape index (κ2) is 7.59. The van der Waals surface area contributed by atoms with E-state index in [2.05, 4.69) is 0 Å². The first-order chi connectivity index (χ1) is 15.6. The van der Waals surface area contributed by atoms with Gasteiger partial charge in [-0.2, -0.15) is 0 Å². The van der Waals surface area contributed by atoms with E-state index in [1.54, 1.807) is 40.8 Å². The molecule has 6 heteroatoms. The highest BCUT2D eigenvalue weighted by Gasteiger charge is 2.26. The summed E-state index contributed by atoms with van der Waals surface area (Å²) in [6.45, 7) is 0. The molecule has 5 aromatic rings. The summed E-state index contributed by atoms with van der Waals surface area (Å²) in [4.78, 5) is 37.8. The Morgan fingerprint density at radius 1 is 0.688 bits per heavy atom. The molecule has 0 atom stereocenters. The lowest BCUT2D eigenvalue weighted by Crippen LogP contribution is -2.08. The van der Waals surface area contributed by atoms with Gasteiger partial charge in [0.25, 0.3) is 5.69 Å². The minimum atomic E-state index is -0.572. The number of hydrogen-bond acceptors (Lipinski definition) is 4. The zero-order valence-corrected chi connectivity index (χ0v) is 16.8. The SMILES string of the molecule is O=C(c1ccccc1)c1cc(C(=O)c2ccccc2[N+](=O)[O-])n2c1ccc1ccccc12. The monoisotopic (exact) mass is 420 g/mol. The molecule has 0 unspecified atom stereocenters. The standard InChI is InChI=1S/C26H16N2O4/c29-25(18-9-2-1-3-10-18)20-16-24(26(30)19-11-5-7-13-23(19)28(31)32)27-21-12-6-4-8-17(21)14-15-22(20)27/h1-16H. The van der Waals surface area contributed by atoms with E-state index < -0.39 is 10.7 Å². The molecule has 0 amide bonds. The molecule has 2 heterocycles. The van der Waals surface area contributed by atoms with Gasteiger partial charge >= 0.3 is 0 Å². The first-order valence-corrected chi connectivity index (χ1v) is 9.97. The van der Waals surface area contributed by atoms with Gasteiger partial charge in [-0.15, -0.1) is 0 Å². The summed E-state index contributed by atoms with van der Waals surface area (Å²) in [5.74, 6) is -0.740. The molecule has 0 spiro atoms. The van der Waals surface area contributed by atoms with Crippen LogP contribution in [0, 0.1) is 10.1 Å². The molecule has 0 aliphatic heterocycles. The van der Waals surface area contributed by atoms with E-state index in [-0.39, 0.29) is 22.7 Å². The quantitative estimate of drug-likeness (QED) is 0.215. The van der Waals surface area contributed by atoms with E-state index in [1.165, 1.54) is 24.3 Å². The zero-order chi connectivity index (χ0) is 22.2. The third-order valence-corrected chi connectivity index (χ3v) is 5.50. The summed E-state index contributed by atoms with van der Waals surface area (Å²) < 4.78 is 1.71. The van der Waals surface area contributed by atoms with Crippen LogP contribution in [0.5, 0.6) is 0 Å². The average molecular weight is 420 g/mol. The van der Waals surface area contributed by atoms with Gasteiger partial charge in [-0.1, -0.05) is 66.7 Å². The number of rotatable bonds is 5. The maximum absolute atomic E-state index is 13.6. The highest BCUT2D eigenvalue weighted by Crippen LogP contribution is 2.29. The minimum absolute atomic E-state index is 0.0245. The number of carbonyl (C=O) groups is 2. The van der Waals surface area contributed by atoms with Crippen molar-refractivity contribution in [2.24, 2.45) is 0 Å². The first-order valence-electron chi connectivity index (χ1n) is 9.97. The molecule has 0 radical (unpaired) electrons. The lowest BCUT2D eigenvalue weighted by molar-refractivity contribution is -0.385. The van der Waals surface area contributed by atoms with E-state index in [0.29, 0.717) is 16.6 Å². The smallest absolute Gasteiger partial charge is 0.280 e. The Kier molecular flexibility index (Phi) is 4.60. The van der Waals surface area contributed by atoms with Gasteiger partial charge in [0.15, 0.2) is 5.78 Å². The van der Waals surface area contributed by atoms with Gasteiger partial charge in [-0.3, -0.25) is 19.7 Å². The number of fused-ring (bicyclic) bond motifs is 3. The van der Waals surface area contributed by atoms with Gasteiger partial charge in [0.05, 0.1) is 21.7 Å². The minimum Gasteiger partial charge on any atom is -0.305 e. The van der Waals surface area contributed by atoms with E-state index in [1.807, 2.05) is 36.4 Å². The maximum Gasteiger partial charge on any atom is 0.280 e. The Labute approximate surface area is 182 Å². The van der Waals surface area contributed by atoms with Crippen LogP contribution >= 0.6 is 0 Å². The Morgan fingerprint density at radius 2 is 1.38 bits per heavy atom. The van der Waals surface area contributed by atoms with Crippen LogP contribution in [0.3, 0.4) is 0 Å². The van der Waals surface area contributed by atoms with E-state index in [4.69, 9.17) is 0 Å². The Balaban J connectivity index is 1.81. The summed E-state index contributed by atoms with van der Waals surface area (Å²) >= 11 is 0. The molecule has 0 bridgehead atoms. The predicted octanol–water partition coefficient (Wildman–Crippen LogP) is 5.46. The maximum atomic E-state index is 13.6. The van der Waals surface area contributed by atoms with Crippen LogP contribution in [0.4, 0.5) is 5.69 Å². The third-order valence-electron chi connectivity index (χ3n) is 5.50. The van der Waals surface area contributed by atoms with Crippen molar-refractivity contribution in [3.05, 3.63) is 130 Å². The predicted molar refractivity (Wildman–Crippen MR) is 121 cm³/mol. The van der Waals surface area contributed by atoms with Crippen molar-refractivity contribution in [2.45, 2.75) is 0 Å². The number of aromatic nitrogens is 1. The third kappa shape index (κ3) is 3.06. The molecule has 3 aromatic carbocycles. The lowest BCUT2D eigenvalue weighted by Gasteiger charge is -2.08. The highest BCUT2D eigenvalue weighted by atomic mass is 16.6. The fourth-order valence-corrected chi connectivity index (χ4v) is 4.01. The summed E-state index contributed by atoms with van der Waals surface area (Å²) in [5, 5.41) is 12.4. The average Bonchev–Trinajstić information content (AvgIpc) is 3.24. The largest absolute Gasteiger partial charge is 0.305 e. The molecule has 6 nitrogen and oxygen atoms in total. The number of para-hydroxylation sites is 2. The van der Waals surface area contributed by atoms with Crippen LogP contribution in [0.1, 0.15) is 32.0 Å². The van der Waals surface area contributed by atoms with Crippen LogP contribution in [0.2, 0.25) is 0 Å². The number of pyridine rings is 1. The van der Waals surface area contributed by atoms with Gasteiger partial charge < -0.3 is 4.40 Å². The molecule has 32 heavy (non-hydrogen) atoms. The number of ketones is 2. The number of nitro groups is 1. The van der Waals surface area contributed by atoms with Crippen LogP contribution in [-0.4, -0.2) is 20.9 Å². The van der Waals surface area contributed by atoms with E-state index in [0.717, 1.165) is 10.9 Å². The molecule has 0 fully saturated rings. The van der Waals surface area contributed by atoms with Crippen molar-refractivity contribution in [3.8, 4) is 0 Å². The fraction of sp³-hybridized carbons (Fsp3) is 0. The van der Waals surface area contributed by atoms with Crippen LogP contribution in [0.25, 0.3) is 16.4 Å². The molecule has 2 aromatic heterocycles. The lowest BCUT2D eigenvalue weighted by atomic mass is 10.0.